The summed E-state index contributed by atoms with van der Waals surface area (Å²) in [5.41, 5.74) is 2.08. The molecular formula is C20H28O8. The number of ether oxygens (including phenoxy) is 5. The second-order valence-corrected chi connectivity index (χ2v) is 6.22. The second-order valence-electron chi connectivity index (χ2n) is 6.22. The lowest BCUT2D eigenvalue weighted by Gasteiger charge is -2.13. The zero-order valence-corrected chi connectivity index (χ0v) is 16.8. The molecule has 8 heteroatoms. The molecule has 2 aromatic rings. The van der Waals surface area contributed by atoms with E-state index in [4.69, 9.17) is 28.1 Å². The number of hydrogen-bond donors (Lipinski definition) is 1. The van der Waals surface area contributed by atoms with Crippen molar-refractivity contribution in [2.75, 3.05) is 46.8 Å². The molecular weight excluding hydrogens is 368 g/mol. The molecule has 0 aliphatic carbocycles. The number of phenols is 1. The van der Waals surface area contributed by atoms with Crippen molar-refractivity contribution in [1.29, 1.82) is 0 Å². The van der Waals surface area contributed by atoms with Crippen molar-refractivity contribution in [2.24, 2.45) is 0 Å². The SMILES string of the molecule is COCCOC(C)OCCOCCOC(=O)c1cc2cc(O)c(C)c(C)c2o1. The zero-order valence-electron chi connectivity index (χ0n) is 16.8. The third-order valence-electron chi connectivity index (χ3n) is 4.22. The fourth-order valence-electron chi connectivity index (χ4n) is 2.51. The Labute approximate surface area is 164 Å². The Morgan fingerprint density at radius 2 is 1.71 bits per heavy atom. The van der Waals surface area contributed by atoms with Gasteiger partial charge in [-0.15, -0.1) is 0 Å². The lowest BCUT2D eigenvalue weighted by atomic mass is 10.1. The summed E-state index contributed by atoms with van der Waals surface area (Å²) in [7, 11) is 1.61. The van der Waals surface area contributed by atoms with Gasteiger partial charge in [-0.05, 0) is 44.0 Å². The van der Waals surface area contributed by atoms with Gasteiger partial charge in [-0.25, -0.2) is 4.79 Å². The van der Waals surface area contributed by atoms with Gasteiger partial charge in [0.1, 0.15) is 17.9 Å². The summed E-state index contributed by atoms with van der Waals surface area (Å²) in [6.45, 7) is 7.47. The predicted octanol–water partition coefficient (Wildman–Crippen LogP) is 2.95. The number of aromatic hydroxyl groups is 1. The van der Waals surface area contributed by atoms with Crippen molar-refractivity contribution in [2.45, 2.75) is 27.1 Å². The van der Waals surface area contributed by atoms with Gasteiger partial charge in [-0.3, -0.25) is 0 Å². The first kappa shape index (κ1) is 22.2. The Morgan fingerprint density at radius 3 is 2.43 bits per heavy atom. The molecule has 1 aromatic heterocycles. The maximum Gasteiger partial charge on any atom is 0.374 e. The lowest BCUT2D eigenvalue weighted by molar-refractivity contribution is -0.146. The van der Waals surface area contributed by atoms with E-state index in [1.165, 1.54) is 0 Å². The van der Waals surface area contributed by atoms with Crippen molar-refractivity contribution in [3.8, 4) is 5.75 Å². The minimum atomic E-state index is -0.576. The van der Waals surface area contributed by atoms with Crippen LogP contribution in [0.4, 0.5) is 0 Å². The summed E-state index contributed by atoms with van der Waals surface area (Å²) in [6.07, 6.45) is -0.337. The molecule has 0 bridgehead atoms. The molecule has 0 aliphatic rings. The minimum absolute atomic E-state index is 0.0912. The number of hydrogen-bond acceptors (Lipinski definition) is 8. The van der Waals surface area contributed by atoms with E-state index >= 15 is 0 Å². The van der Waals surface area contributed by atoms with Crippen LogP contribution in [0.15, 0.2) is 16.5 Å². The van der Waals surface area contributed by atoms with Crippen LogP contribution in [0.5, 0.6) is 5.75 Å². The molecule has 2 rings (SSSR count). The number of methoxy groups -OCH3 is 1. The summed E-state index contributed by atoms with van der Waals surface area (Å²) >= 11 is 0. The number of furan rings is 1. The maximum absolute atomic E-state index is 12.1. The number of carbonyl (C=O) groups excluding carboxylic acids is 1. The second kappa shape index (κ2) is 11.0. The quantitative estimate of drug-likeness (QED) is 0.332. The Kier molecular flexibility index (Phi) is 8.72. The first-order valence-corrected chi connectivity index (χ1v) is 9.13. The maximum atomic E-state index is 12.1. The molecule has 28 heavy (non-hydrogen) atoms. The Hall–Kier alpha value is -2.13. The van der Waals surface area contributed by atoms with Gasteiger partial charge in [-0.1, -0.05) is 0 Å². The van der Waals surface area contributed by atoms with E-state index < -0.39 is 5.97 Å². The van der Waals surface area contributed by atoms with E-state index in [0.29, 0.717) is 37.4 Å². The first-order chi connectivity index (χ1) is 13.4. The Bertz CT molecular complexity index is 767. The summed E-state index contributed by atoms with van der Waals surface area (Å²) in [5.74, 6) is -0.319. The number of esters is 1. The van der Waals surface area contributed by atoms with Gasteiger partial charge in [0, 0.05) is 12.5 Å². The number of carbonyl (C=O) groups is 1. The fourth-order valence-corrected chi connectivity index (χ4v) is 2.51. The van der Waals surface area contributed by atoms with Crippen LogP contribution in [0.1, 0.15) is 28.6 Å². The van der Waals surface area contributed by atoms with Crippen LogP contribution in [-0.2, 0) is 23.7 Å². The van der Waals surface area contributed by atoms with Crippen molar-refractivity contribution >= 4 is 16.9 Å². The fraction of sp³-hybridized carbons (Fsp3) is 0.550. The average Bonchev–Trinajstić information content (AvgIpc) is 3.09. The summed E-state index contributed by atoms with van der Waals surface area (Å²) in [4.78, 5) is 12.1. The van der Waals surface area contributed by atoms with Crippen molar-refractivity contribution in [3.05, 3.63) is 29.0 Å². The molecule has 0 fully saturated rings. The molecule has 1 atom stereocenters. The minimum Gasteiger partial charge on any atom is -0.508 e. The number of rotatable bonds is 12. The van der Waals surface area contributed by atoms with Crippen molar-refractivity contribution < 1.29 is 38.0 Å². The predicted molar refractivity (Wildman–Crippen MR) is 102 cm³/mol. The number of phenolic OH excluding ortho intramolecular Hbond substituents is 1. The summed E-state index contributed by atoms with van der Waals surface area (Å²) < 4.78 is 31.7. The molecule has 0 spiro atoms. The molecule has 1 aromatic carbocycles. The summed E-state index contributed by atoms with van der Waals surface area (Å²) in [6, 6.07) is 3.13. The van der Waals surface area contributed by atoms with Crippen LogP contribution >= 0.6 is 0 Å². The third kappa shape index (κ3) is 6.20. The van der Waals surface area contributed by atoms with Crippen molar-refractivity contribution in [1.82, 2.24) is 0 Å². The standard InChI is InChI=1S/C20H28O8/c1-13-14(2)19-16(11-17(13)21)12-18(28-19)20(22)27-10-7-24-6-9-26-15(3)25-8-5-23-4/h11-12,15,21H,5-10H2,1-4H3. The van der Waals surface area contributed by atoms with Crippen LogP contribution in [0.2, 0.25) is 0 Å². The highest BCUT2D eigenvalue weighted by Gasteiger charge is 2.17. The molecule has 1 heterocycles. The largest absolute Gasteiger partial charge is 0.508 e. The number of aryl methyl sites for hydroxylation is 1. The number of fused-ring (bicyclic) bond motifs is 1. The van der Waals surface area contributed by atoms with Crippen LogP contribution in [0.3, 0.4) is 0 Å². The monoisotopic (exact) mass is 396 g/mol. The van der Waals surface area contributed by atoms with Crippen LogP contribution in [0.25, 0.3) is 11.0 Å². The Balaban J connectivity index is 1.67. The van der Waals surface area contributed by atoms with Gasteiger partial charge in [0.15, 0.2) is 6.29 Å². The van der Waals surface area contributed by atoms with Gasteiger partial charge >= 0.3 is 5.97 Å². The molecule has 1 N–H and O–H groups in total. The zero-order chi connectivity index (χ0) is 20.5. The molecule has 0 aliphatic heterocycles. The molecule has 0 saturated heterocycles. The highest BCUT2D eigenvalue weighted by Crippen LogP contribution is 2.31. The van der Waals surface area contributed by atoms with Crippen LogP contribution in [0, 0.1) is 13.8 Å². The third-order valence-corrected chi connectivity index (χ3v) is 4.22. The van der Waals surface area contributed by atoms with Gasteiger partial charge in [-0.2, -0.15) is 0 Å². The lowest BCUT2D eigenvalue weighted by Crippen LogP contribution is -2.19. The van der Waals surface area contributed by atoms with Gasteiger partial charge in [0.2, 0.25) is 5.76 Å². The molecule has 0 radical (unpaired) electrons. The van der Waals surface area contributed by atoms with E-state index in [-0.39, 0.29) is 31.0 Å². The van der Waals surface area contributed by atoms with Gasteiger partial charge < -0.3 is 33.2 Å². The first-order valence-electron chi connectivity index (χ1n) is 9.13. The van der Waals surface area contributed by atoms with Crippen molar-refractivity contribution in [3.63, 3.8) is 0 Å². The topological polar surface area (TPSA) is 96.6 Å². The highest BCUT2D eigenvalue weighted by atomic mass is 16.7. The molecule has 0 amide bonds. The molecule has 156 valence electrons. The van der Waals surface area contributed by atoms with E-state index in [9.17, 15) is 9.90 Å². The van der Waals surface area contributed by atoms with E-state index in [0.717, 1.165) is 11.1 Å². The molecule has 0 saturated carbocycles. The van der Waals surface area contributed by atoms with E-state index in [2.05, 4.69) is 0 Å². The highest BCUT2D eigenvalue weighted by molar-refractivity contribution is 5.94. The van der Waals surface area contributed by atoms with Crippen LogP contribution in [-0.4, -0.2) is 64.1 Å². The van der Waals surface area contributed by atoms with E-state index in [1.807, 2.05) is 6.92 Å². The van der Waals surface area contributed by atoms with E-state index in [1.54, 1.807) is 33.1 Å². The number of benzene rings is 1. The average molecular weight is 396 g/mol. The van der Waals surface area contributed by atoms with Crippen LogP contribution < -0.4 is 0 Å². The summed E-state index contributed by atoms with van der Waals surface area (Å²) in [5, 5.41) is 10.5. The smallest absolute Gasteiger partial charge is 0.374 e. The molecule has 8 nitrogen and oxygen atoms in total. The van der Waals surface area contributed by atoms with Gasteiger partial charge in [0.25, 0.3) is 0 Å². The Morgan fingerprint density at radius 1 is 1.04 bits per heavy atom. The molecule has 1 unspecified atom stereocenters. The normalized spacial score (nSPS) is 12.4. The van der Waals surface area contributed by atoms with Gasteiger partial charge in [0.05, 0.1) is 33.0 Å².